The fourth-order valence-corrected chi connectivity index (χ4v) is 3.85. The van der Waals surface area contributed by atoms with Gasteiger partial charge >= 0.3 is 0 Å². The Balaban J connectivity index is 1.81. The number of hydrogen-bond donors (Lipinski definition) is 1. The summed E-state index contributed by atoms with van der Waals surface area (Å²) in [6, 6.07) is 24.3. The van der Waals surface area contributed by atoms with Crippen molar-refractivity contribution in [3.63, 3.8) is 0 Å². The standard InChI is InChI=1S/C23H23FN2O3S/c1-30(28,29)26(16-20-14-8-9-15-21(20)24)17-22(27)25-23(18-10-4-2-5-11-18)19-12-6-3-7-13-19/h2-15,23H,16-17H2,1H3,(H,25,27). The zero-order chi connectivity index (χ0) is 21.6. The lowest BCUT2D eigenvalue weighted by Gasteiger charge is -2.23. The Kier molecular flexibility index (Phi) is 6.97. The predicted molar refractivity (Wildman–Crippen MR) is 115 cm³/mol. The summed E-state index contributed by atoms with van der Waals surface area (Å²) in [5.41, 5.74) is 1.95. The number of halogens is 1. The molecule has 0 unspecified atom stereocenters. The molecule has 0 atom stereocenters. The van der Waals surface area contributed by atoms with Crippen molar-refractivity contribution in [1.82, 2.24) is 9.62 Å². The van der Waals surface area contributed by atoms with Crippen molar-refractivity contribution in [2.75, 3.05) is 12.8 Å². The van der Waals surface area contributed by atoms with Gasteiger partial charge in [-0.3, -0.25) is 4.79 Å². The van der Waals surface area contributed by atoms with E-state index in [-0.39, 0.29) is 12.1 Å². The van der Waals surface area contributed by atoms with Crippen molar-refractivity contribution >= 4 is 15.9 Å². The van der Waals surface area contributed by atoms with E-state index in [0.29, 0.717) is 0 Å². The average Bonchev–Trinajstić information content (AvgIpc) is 2.73. The van der Waals surface area contributed by atoms with E-state index < -0.39 is 34.3 Å². The van der Waals surface area contributed by atoms with E-state index in [2.05, 4.69) is 5.32 Å². The van der Waals surface area contributed by atoms with Crippen LogP contribution in [-0.4, -0.2) is 31.4 Å². The summed E-state index contributed by atoms with van der Waals surface area (Å²) < 4.78 is 39.4. The monoisotopic (exact) mass is 426 g/mol. The third-order valence-corrected chi connectivity index (χ3v) is 5.86. The number of carbonyl (C=O) groups excluding carboxylic acids is 1. The minimum Gasteiger partial charge on any atom is -0.344 e. The fraction of sp³-hybridized carbons (Fsp3) is 0.174. The van der Waals surface area contributed by atoms with Crippen molar-refractivity contribution in [3.05, 3.63) is 107 Å². The molecule has 0 spiro atoms. The number of nitrogens with one attached hydrogen (secondary N) is 1. The summed E-state index contributed by atoms with van der Waals surface area (Å²) >= 11 is 0. The van der Waals surface area contributed by atoms with Gasteiger partial charge in [0.2, 0.25) is 15.9 Å². The van der Waals surface area contributed by atoms with Gasteiger partial charge in [0.15, 0.2) is 0 Å². The van der Waals surface area contributed by atoms with Crippen LogP contribution in [-0.2, 0) is 21.4 Å². The van der Waals surface area contributed by atoms with E-state index in [1.54, 1.807) is 6.07 Å². The molecule has 3 aromatic carbocycles. The Morgan fingerprint density at radius 1 is 0.900 bits per heavy atom. The largest absolute Gasteiger partial charge is 0.344 e. The molecule has 0 fully saturated rings. The molecule has 5 nitrogen and oxygen atoms in total. The van der Waals surface area contributed by atoms with Crippen LogP contribution in [0.5, 0.6) is 0 Å². The second-order valence-corrected chi connectivity index (χ2v) is 8.93. The SMILES string of the molecule is CS(=O)(=O)N(CC(=O)NC(c1ccccc1)c1ccccc1)Cc1ccccc1F. The Bertz CT molecular complexity index is 1050. The zero-order valence-electron chi connectivity index (χ0n) is 16.5. The van der Waals surface area contributed by atoms with Gasteiger partial charge in [-0.15, -0.1) is 0 Å². The smallest absolute Gasteiger partial charge is 0.236 e. The van der Waals surface area contributed by atoms with Crippen molar-refractivity contribution in [1.29, 1.82) is 0 Å². The highest BCUT2D eigenvalue weighted by molar-refractivity contribution is 7.88. The summed E-state index contributed by atoms with van der Waals surface area (Å²) in [5, 5.41) is 2.91. The molecule has 0 aliphatic carbocycles. The molecular weight excluding hydrogens is 403 g/mol. The Hall–Kier alpha value is -3.03. The molecular formula is C23H23FN2O3S. The number of rotatable bonds is 8. The van der Waals surface area contributed by atoms with Crippen LogP contribution in [0, 0.1) is 5.82 Å². The topological polar surface area (TPSA) is 66.5 Å². The normalized spacial score (nSPS) is 11.6. The van der Waals surface area contributed by atoms with Gasteiger partial charge in [-0.05, 0) is 17.2 Å². The Labute approximate surface area is 176 Å². The molecule has 0 saturated heterocycles. The summed E-state index contributed by atoms with van der Waals surface area (Å²) in [7, 11) is -3.73. The molecule has 0 radical (unpaired) electrons. The minimum atomic E-state index is -3.73. The first kappa shape index (κ1) is 21.7. The van der Waals surface area contributed by atoms with E-state index in [1.807, 2.05) is 60.7 Å². The summed E-state index contributed by atoms with van der Waals surface area (Å²) in [4.78, 5) is 12.8. The van der Waals surface area contributed by atoms with Crippen molar-refractivity contribution in [3.8, 4) is 0 Å². The van der Waals surface area contributed by atoms with Gasteiger partial charge in [0.25, 0.3) is 0 Å². The lowest BCUT2D eigenvalue weighted by atomic mass is 9.99. The first-order chi connectivity index (χ1) is 14.3. The summed E-state index contributed by atoms with van der Waals surface area (Å²) in [6.07, 6.45) is 1.01. The van der Waals surface area contributed by atoms with Gasteiger partial charge < -0.3 is 5.32 Å². The highest BCUT2D eigenvalue weighted by atomic mass is 32.2. The van der Waals surface area contributed by atoms with Crippen LogP contribution >= 0.6 is 0 Å². The van der Waals surface area contributed by atoms with Crippen molar-refractivity contribution in [2.45, 2.75) is 12.6 Å². The fourth-order valence-electron chi connectivity index (χ4n) is 3.12. The highest BCUT2D eigenvalue weighted by Gasteiger charge is 2.24. The third-order valence-electron chi connectivity index (χ3n) is 4.66. The van der Waals surface area contributed by atoms with Crippen LogP contribution in [0.1, 0.15) is 22.7 Å². The second-order valence-electron chi connectivity index (χ2n) is 6.94. The molecule has 30 heavy (non-hydrogen) atoms. The van der Waals surface area contributed by atoms with Gasteiger partial charge in [-0.1, -0.05) is 78.9 Å². The molecule has 3 aromatic rings. The average molecular weight is 427 g/mol. The lowest BCUT2D eigenvalue weighted by molar-refractivity contribution is -0.121. The maximum absolute atomic E-state index is 14.0. The molecule has 1 amide bonds. The maximum Gasteiger partial charge on any atom is 0.236 e. The molecule has 0 aliphatic heterocycles. The molecule has 0 aromatic heterocycles. The van der Waals surface area contributed by atoms with Crippen LogP contribution in [0.3, 0.4) is 0 Å². The number of carbonyl (C=O) groups is 1. The first-order valence-electron chi connectivity index (χ1n) is 9.42. The van der Waals surface area contributed by atoms with E-state index in [9.17, 15) is 17.6 Å². The van der Waals surface area contributed by atoms with Crippen LogP contribution in [0.25, 0.3) is 0 Å². The minimum absolute atomic E-state index is 0.207. The molecule has 3 rings (SSSR count). The van der Waals surface area contributed by atoms with Gasteiger partial charge in [0, 0.05) is 12.1 Å². The number of benzene rings is 3. The molecule has 0 bridgehead atoms. The summed E-state index contributed by atoms with van der Waals surface area (Å²) in [5.74, 6) is -0.993. The van der Waals surface area contributed by atoms with Crippen molar-refractivity contribution in [2.24, 2.45) is 0 Å². The van der Waals surface area contributed by atoms with E-state index in [1.165, 1.54) is 18.2 Å². The Morgan fingerprint density at radius 2 is 1.40 bits per heavy atom. The van der Waals surface area contributed by atoms with Gasteiger partial charge in [0.05, 0.1) is 18.8 Å². The van der Waals surface area contributed by atoms with Crippen LogP contribution in [0.4, 0.5) is 4.39 Å². The van der Waals surface area contributed by atoms with Gasteiger partial charge in [-0.2, -0.15) is 4.31 Å². The van der Waals surface area contributed by atoms with Gasteiger partial charge in [-0.25, -0.2) is 12.8 Å². The molecule has 0 aliphatic rings. The zero-order valence-corrected chi connectivity index (χ0v) is 17.3. The van der Waals surface area contributed by atoms with E-state index in [0.717, 1.165) is 21.7 Å². The van der Waals surface area contributed by atoms with Crippen molar-refractivity contribution < 1.29 is 17.6 Å². The molecule has 156 valence electrons. The number of sulfonamides is 1. The lowest BCUT2D eigenvalue weighted by Crippen LogP contribution is -2.41. The molecule has 1 N–H and O–H groups in total. The number of hydrogen-bond acceptors (Lipinski definition) is 3. The van der Waals surface area contributed by atoms with Crippen LogP contribution in [0.15, 0.2) is 84.9 Å². The maximum atomic E-state index is 14.0. The number of nitrogens with zero attached hydrogens (tertiary/aromatic N) is 1. The molecule has 0 heterocycles. The second kappa shape index (κ2) is 9.65. The Morgan fingerprint density at radius 3 is 1.90 bits per heavy atom. The van der Waals surface area contributed by atoms with E-state index >= 15 is 0 Å². The quantitative estimate of drug-likeness (QED) is 0.600. The molecule has 7 heteroatoms. The third kappa shape index (κ3) is 5.75. The predicted octanol–water partition coefficient (Wildman–Crippen LogP) is 3.49. The number of amides is 1. The van der Waals surface area contributed by atoms with Crippen LogP contribution < -0.4 is 5.32 Å². The highest BCUT2D eigenvalue weighted by Crippen LogP contribution is 2.22. The molecule has 0 saturated carbocycles. The summed E-state index contributed by atoms with van der Waals surface area (Å²) in [6.45, 7) is -0.635. The van der Waals surface area contributed by atoms with Gasteiger partial charge in [0.1, 0.15) is 5.82 Å². The van der Waals surface area contributed by atoms with E-state index in [4.69, 9.17) is 0 Å². The first-order valence-corrected chi connectivity index (χ1v) is 11.3. The van der Waals surface area contributed by atoms with Crippen LogP contribution in [0.2, 0.25) is 0 Å².